The number of nitrogens with zero attached hydrogens (tertiary/aromatic N) is 2. The van der Waals surface area contributed by atoms with Gasteiger partial charge in [-0.3, -0.25) is 4.79 Å². The minimum absolute atomic E-state index is 0.0157. The summed E-state index contributed by atoms with van der Waals surface area (Å²) in [6.07, 6.45) is 7.65. The predicted molar refractivity (Wildman–Crippen MR) is 83.6 cm³/mol. The lowest BCUT2D eigenvalue weighted by molar-refractivity contribution is 0.0536. The van der Waals surface area contributed by atoms with Gasteiger partial charge in [0.05, 0.1) is 12.9 Å². The Kier molecular flexibility index (Phi) is 4.85. The average Bonchev–Trinajstić information content (AvgIpc) is 3.07. The SMILES string of the molecule is O=C(NCC1CCCOC1)c1cccc(Cn2ccnc2)c1. The van der Waals surface area contributed by atoms with E-state index in [1.807, 2.05) is 35.0 Å². The molecule has 1 amide bonds. The van der Waals surface area contributed by atoms with E-state index in [1.165, 1.54) is 0 Å². The van der Waals surface area contributed by atoms with E-state index in [4.69, 9.17) is 4.74 Å². The Hall–Kier alpha value is -2.14. The Bertz CT molecular complexity index is 604. The Morgan fingerprint density at radius 1 is 1.45 bits per heavy atom. The molecule has 1 atom stereocenters. The van der Waals surface area contributed by atoms with Crippen LogP contribution in [0.5, 0.6) is 0 Å². The summed E-state index contributed by atoms with van der Waals surface area (Å²) in [5.74, 6) is 0.421. The van der Waals surface area contributed by atoms with E-state index in [2.05, 4.69) is 10.3 Å². The van der Waals surface area contributed by atoms with Crippen molar-refractivity contribution < 1.29 is 9.53 Å². The molecular formula is C17H21N3O2. The van der Waals surface area contributed by atoms with E-state index in [9.17, 15) is 4.79 Å². The van der Waals surface area contributed by atoms with Crippen LogP contribution >= 0.6 is 0 Å². The summed E-state index contributed by atoms with van der Waals surface area (Å²) >= 11 is 0. The van der Waals surface area contributed by atoms with Crippen molar-refractivity contribution >= 4 is 5.91 Å². The minimum atomic E-state index is -0.0157. The molecule has 1 aromatic carbocycles. The number of ether oxygens (including phenoxy) is 1. The van der Waals surface area contributed by atoms with Gasteiger partial charge in [-0.1, -0.05) is 12.1 Å². The van der Waals surface area contributed by atoms with Gasteiger partial charge in [-0.15, -0.1) is 0 Å². The number of carbonyl (C=O) groups excluding carboxylic acids is 1. The summed E-state index contributed by atoms with van der Waals surface area (Å²) in [5.41, 5.74) is 1.79. The summed E-state index contributed by atoms with van der Waals surface area (Å²) in [7, 11) is 0. The first-order valence-corrected chi connectivity index (χ1v) is 7.72. The molecule has 1 fully saturated rings. The first-order valence-electron chi connectivity index (χ1n) is 7.72. The average molecular weight is 299 g/mol. The third kappa shape index (κ3) is 3.95. The molecule has 1 aliphatic rings. The highest BCUT2D eigenvalue weighted by molar-refractivity contribution is 5.94. The van der Waals surface area contributed by atoms with Gasteiger partial charge >= 0.3 is 0 Å². The van der Waals surface area contributed by atoms with Crippen LogP contribution in [0.15, 0.2) is 43.0 Å². The van der Waals surface area contributed by atoms with Gasteiger partial charge in [0, 0.05) is 37.7 Å². The van der Waals surface area contributed by atoms with Gasteiger partial charge in [-0.25, -0.2) is 4.98 Å². The number of amides is 1. The van der Waals surface area contributed by atoms with E-state index in [-0.39, 0.29) is 5.91 Å². The lowest BCUT2D eigenvalue weighted by Crippen LogP contribution is -2.33. The molecule has 5 heteroatoms. The third-order valence-electron chi connectivity index (χ3n) is 3.92. The van der Waals surface area contributed by atoms with Crippen LogP contribution in [-0.2, 0) is 11.3 Å². The summed E-state index contributed by atoms with van der Waals surface area (Å²) < 4.78 is 7.42. The topological polar surface area (TPSA) is 56.1 Å². The lowest BCUT2D eigenvalue weighted by Gasteiger charge is -2.22. The summed E-state index contributed by atoms with van der Waals surface area (Å²) in [4.78, 5) is 16.3. The van der Waals surface area contributed by atoms with E-state index < -0.39 is 0 Å². The van der Waals surface area contributed by atoms with Gasteiger partial charge in [-0.05, 0) is 36.5 Å². The normalized spacial score (nSPS) is 18.1. The highest BCUT2D eigenvalue weighted by atomic mass is 16.5. The fourth-order valence-electron chi connectivity index (χ4n) is 2.71. The zero-order valence-corrected chi connectivity index (χ0v) is 12.6. The third-order valence-corrected chi connectivity index (χ3v) is 3.92. The number of nitrogens with one attached hydrogen (secondary N) is 1. The van der Waals surface area contributed by atoms with Crippen molar-refractivity contribution in [2.45, 2.75) is 19.4 Å². The number of hydrogen-bond acceptors (Lipinski definition) is 3. The maximum absolute atomic E-state index is 12.3. The maximum Gasteiger partial charge on any atom is 0.251 e. The van der Waals surface area contributed by atoms with Crippen LogP contribution in [0.25, 0.3) is 0 Å². The minimum Gasteiger partial charge on any atom is -0.381 e. The molecule has 1 N–H and O–H groups in total. The van der Waals surface area contributed by atoms with E-state index in [0.29, 0.717) is 18.0 Å². The zero-order chi connectivity index (χ0) is 15.2. The molecular weight excluding hydrogens is 278 g/mol. The second-order valence-electron chi connectivity index (χ2n) is 5.73. The molecule has 1 aromatic heterocycles. The van der Waals surface area contributed by atoms with Crippen molar-refractivity contribution in [3.63, 3.8) is 0 Å². The fourth-order valence-corrected chi connectivity index (χ4v) is 2.71. The van der Waals surface area contributed by atoms with Crippen LogP contribution < -0.4 is 5.32 Å². The van der Waals surface area contributed by atoms with Crippen molar-refractivity contribution in [3.8, 4) is 0 Å². The van der Waals surface area contributed by atoms with Crippen molar-refractivity contribution in [2.75, 3.05) is 19.8 Å². The van der Waals surface area contributed by atoms with Crippen molar-refractivity contribution in [1.82, 2.24) is 14.9 Å². The van der Waals surface area contributed by atoms with Crippen LogP contribution in [-0.4, -0.2) is 35.2 Å². The van der Waals surface area contributed by atoms with E-state index >= 15 is 0 Å². The van der Waals surface area contributed by atoms with Crippen molar-refractivity contribution in [2.24, 2.45) is 5.92 Å². The molecule has 1 saturated heterocycles. The Balaban J connectivity index is 1.57. The van der Waals surface area contributed by atoms with Gasteiger partial charge in [0.2, 0.25) is 0 Å². The fraction of sp³-hybridized carbons (Fsp3) is 0.412. The van der Waals surface area contributed by atoms with Gasteiger partial charge < -0.3 is 14.6 Å². The van der Waals surface area contributed by atoms with Crippen LogP contribution in [0.1, 0.15) is 28.8 Å². The maximum atomic E-state index is 12.3. The smallest absolute Gasteiger partial charge is 0.251 e. The molecule has 5 nitrogen and oxygen atoms in total. The number of imidazole rings is 1. The van der Waals surface area contributed by atoms with E-state index in [0.717, 1.165) is 38.2 Å². The quantitative estimate of drug-likeness (QED) is 0.919. The molecule has 0 aliphatic carbocycles. The van der Waals surface area contributed by atoms with Gasteiger partial charge in [-0.2, -0.15) is 0 Å². The summed E-state index contributed by atoms with van der Waals surface area (Å²) in [6.45, 7) is 3.00. The monoisotopic (exact) mass is 299 g/mol. The molecule has 0 bridgehead atoms. The van der Waals surface area contributed by atoms with Gasteiger partial charge in [0.1, 0.15) is 0 Å². The van der Waals surface area contributed by atoms with Crippen LogP contribution in [0.3, 0.4) is 0 Å². The summed E-state index contributed by atoms with van der Waals surface area (Å²) in [5, 5.41) is 3.02. The lowest BCUT2D eigenvalue weighted by atomic mass is 10.0. The molecule has 1 unspecified atom stereocenters. The molecule has 116 valence electrons. The first-order chi connectivity index (χ1) is 10.8. The Morgan fingerprint density at radius 3 is 3.18 bits per heavy atom. The van der Waals surface area contributed by atoms with Crippen LogP contribution in [0.4, 0.5) is 0 Å². The molecule has 0 radical (unpaired) electrons. The zero-order valence-electron chi connectivity index (χ0n) is 12.6. The molecule has 3 rings (SSSR count). The number of aromatic nitrogens is 2. The Labute approximate surface area is 130 Å². The largest absolute Gasteiger partial charge is 0.381 e. The Morgan fingerprint density at radius 2 is 2.41 bits per heavy atom. The van der Waals surface area contributed by atoms with Crippen molar-refractivity contribution in [1.29, 1.82) is 0 Å². The highest BCUT2D eigenvalue weighted by Crippen LogP contribution is 2.13. The number of carbonyl (C=O) groups is 1. The second kappa shape index (κ2) is 7.22. The van der Waals surface area contributed by atoms with Crippen molar-refractivity contribution in [3.05, 3.63) is 54.1 Å². The molecule has 2 aromatic rings. The number of benzene rings is 1. The molecule has 0 saturated carbocycles. The first kappa shape index (κ1) is 14.8. The summed E-state index contributed by atoms with van der Waals surface area (Å²) in [6, 6.07) is 7.73. The highest BCUT2D eigenvalue weighted by Gasteiger charge is 2.15. The molecule has 0 spiro atoms. The number of hydrogen-bond donors (Lipinski definition) is 1. The standard InChI is InChI=1S/C17H21N3O2/c21-17(19-10-15-4-2-8-22-12-15)16-5-1-3-14(9-16)11-20-7-6-18-13-20/h1,3,5-7,9,13,15H,2,4,8,10-12H2,(H,19,21). The van der Waals surface area contributed by atoms with E-state index in [1.54, 1.807) is 12.5 Å². The molecule has 1 aliphatic heterocycles. The molecule has 22 heavy (non-hydrogen) atoms. The second-order valence-corrected chi connectivity index (χ2v) is 5.73. The van der Waals surface area contributed by atoms with Crippen LogP contribution in [0, 0.1) is 5.92 Å². The van der Waals surface area contributed by atoms with Crippen LogP contribution in [0.2, 0.25) is 0 Å². The van der Waals surface area contributed by atoms with Gasteiger partial charge in [0.25, 0.3) is 5.91 Å². The predicted octanol–water partition coefficient (Wildman–Crippen LogP) is 2.09. The van der Waals surface area contributed by atoms with Gasteiger partial charge in [0.15, 0.2) is 0 Å². The number of rotatable bonds is 5. The molecule has 2 heterocycles.